The van der Waals surface area contributed by atoms with Crippen molar-refractivity contribution in [2.75, 3.05) is 11.4 Å². The first kappa shape index (κ1) is 14.6. The number of nitrogens with zero attached hydrogens (tertiary/aromatic N) is 3. The van der Waals surface area contributed by atoms with Crippen LogP contribution < -0.4 is 4.90 Å². The van der Waals surface area contributed by atoms with Gasteiger partial charge < -0.3 is 4.90 Å². The summed E-state index contributed by atoms with van der Waals surface area (Å²) in [6.07, 6.45) is 2.52. The monoisotopic (exact) mass is 281 g/mol. The van der Waals surface area contributed by atoms with Gasteiger partial charge >= 0.3 is 0 Å². The molecule has 106 valence electrons. The second-order valence-corrected chi connectivity index (χ2v) is 6.52. The van der Waals surface area contributed by atoms with Gasteiger partial charge in [-0.15, -0.1) is 0 Å². The Bertz CT molecular complexity index is 459. The van der Waals surface area contributed by atoms with Crippen LogP contribution in [0.4, 0.5) is 5.82 Å². The van der Waals surface area contributed by atoms with E-state index >= 15 is 0 Å². The van der Waals surface area contributed by atoms with Gasteiger partial charge in [-0.2, -0.15) is 0 Å². The van der Waals surface area contributed by atoms with E-state index in [1.165, 1.54) is 12.8 Å². The second-order valence-electron chi connectivity index (χ2n) is 6.16. The molecule has 2 atom stereocenters. The van der Waals surface area contributed by atoms with Gasteiger partial charge in [0.2, 0.25) is 0 Å². The van der Waals surface area contributed by atoms with E-state index in [0.29, 0.717) is 23.0 Å². The Morgan fingerprint density at radius 3 is 2.53 bits per heavy atom. The average molecular weight is 282 g/mol. The van der Waals surface area contributed by atoms with Crippen LogP contribution in [0.15, 0.2) is 0 Å². The van der Waals surface area contributed by atoms with Crippen molar-refractivity contribution >= 4 is 17.4 Å². The molecule has 3 nitrogen and oxygen atoms in total. The van der Waals surface area contributed by atoms with E-state index in [1.807, 2.05) is 6.92 Å². The molecule has 1 aromatic heterocycles. The molecule has 1 aromatic rings. The molecule has 2 rings (SSSR count). The molecule has 1 aliphatic rings. The van der Waals surface area contributed by atoms with Gasteiger partial charge in [0, 0.05) is 24.1 Å². The third kappa shape index (κ3) is 3.02. The standard InChI is InChI=1S/C15H24ClN3/c1-9(2)14-17-13(16)12(5)15(18-14)19-8-10(3)6-7-11(19)4/h9-11H,6-8H2,1-5H3. The Morgan fingerprint density at radius 2 is 1.89 bits per heavy atom. The molecule has 0 radical (unpaired) electrons. The summed E-state index contributed by atoms with van der Waals surface area (Å²) in [6, 6.07) is 0.529. The van der Waals surface area contributed by atoms with Crippen molar-refractivity contribution in [3.8, 4) is 0 Å². The Morgan fingerprint density at radius 1 is 1.21 bits per heavy atom. The molecular weight excluding hydrogens is 258 g/mol. The Kier molecular flexibility index (Phi) is 4.34. The van der Waals surface area contributed by atoms with Gasteiger partial charge in [0.05, 0.1) is 0 Å². The van der Waals surface area contributed by atoms with Crippen LogP contribution in [0, 0.1) is 12.8 Å². The highest BCUT2D eigenvalue weighted by Crippen LogP contribution is 2.31. The highest BCUT2D eigenvalue weighted by Gasteiger charge is 2.26. The van der Waals surface area contributed by atoms with E-state index < -0.39 is 0 Å². The fourth-order valence-electron chi connectivity index (χ4n) is 2.62. The quantitative estimate of drug-likeness (QED) is 0.761. The molecule has 0 aliphatic carbocycles. The number of halogens is 1. The molecule has 4 heteroatoms. The minimum Gasteiger partial charge on any atom is -0.353 e. The molecule has 1 saturated heterocycles. The van der Waals surface area contributed by atoms with Gasteiger partial charge in [-0.1, -0.05) is 32.4 Å². The maximum Gasteiger partial charge on any atom is 0.137 e. The number of hydrogen-bond donors (Lipinski definition) is 0. The number of rotatable bonds is 2. The zero-order valence-electron chi connectivity index (χ0n) is 12.6. The summed E-state index contributed by atoms with van der Waals surface area (Å²) >= 11 is 6.29. The summed E-state index contributed by atoms with van der Waals surface area (Å²) in [7, 11) is 0. The smallest absolute Gasteiger partial charge is 0.137 e. The Balaban J connectivity index is 2.42. The van der Waals surface area contributed by atoms with Crippen molar-refractivity contribution in [3.63, 3.8) is 0 Å². The summed E-state index contributed by atoms with van der Waals surface area (Å²) in [5, 5.41) is 0.596. The van der Waals surface area contributed by atoms with Crippen molar-refractivity contribution in [1.82, 2.24) is 9.97 Å². The van der Waals surface area contributed by atoms with Crippen molar-refractivity contribution in [2.24, 2.45) is 5.92 Å². The lowest BCUT2D eigenvalue weighted by Gasteiger charge is -2.38. The minimum atomic E-state index is 0.300. The number of piperidine rings is 1. The first-order chi connectivity index (χ1) is 8.90. The van der Waals surface area contributed by atoms with Crippen molar-refractivity contribution in [2.45, 2.75) is 59.4 Å². The van der Waals surface area contributed by atoms with E-state index in [2.05, 4.69) is 37.6 Å². The molecule has 0 amide bonds. The van der Waals surface area contributed by atoms with Crippen LogP contribution in [0.25, 0.3) is 0 Å². The van der Waals surface area contributed by atoms with Crippen LogP contribution in [0.2, 0.25) is 5.15 Å². The highest BCUT2D eigenvalue weighted by molar-refractivity contribution is 6.30. The van der Waals surface area contributed by atoms with Gasteiger partial charge in [-0.25, -0.2) is 9.97 Å². The largest absolute Gasteiger partial charge is 0.353 e. The van der Waals surface area contributed by atoms with Gasteiger partial charge in [-0.3, -0.25) is 0 Å². The topological polar surface area (TPSA) is 29.0 Å². The van der Waals surface area contributed by atoms with Crippen molar-refractivity contribution in [3.05, 3.63) is 16.5 Å². The molecule has 19 heavy (non-hydrogen) atoms. The molecule has 0 saturated carbocycles. The maximum absolute atomic E-state index is 6.29. The summed E-state index contributed by atoms with van der Waals surface area (Å²) in [5.41, 5.74) is 1.01. The predicted molar refractivity (Wildman–Crippen MR) is 81.1 cm³/mol. The number of hydrogen-bond acceptors (Lipinski definition) is 3. The lowest BCUT2D eigenvalue weighted by Crippen LogP contribution is -2.42. The highest BCUT2D eigenvalue weighted by atomic mass is 35.5. The van der Waals surface area contributed by atoms with Crippen LogP contribution in [0.1, 0.15) is 57.8 Å². The first-order valence-corrected chi connectivity index (χ1v) is 7.58. The van der Waals surface area contributed by atoms with Crippen LogP contribution in [0.5, 0.6) is 0 Å². The number of anilines is 1. The third-order valence-electron chi connectivity index (χ3n) is 3.98. The summed E-state index contributed by atoms with van der Waals surface area (Å²) in [4.78, 5) is 11.6. The lowest BCUT2D eigenvalue weighted by atomic mass is 9.95. The van der Waals surface area contributed by atoms with E-state index in [9.17, 15) is 0 Å². The predicted octanol–water partition coefficient (Wildman–Crippen LogP) is 4.19. The molecular formula is C15H24ClN3. The van der Waals surface area contributed by atoms with Gasteiger partial charge in [0.1, 0.15) is 16.8 Å². The van der Waals surface area contributed by atoms with Crippen molar-refractivity contribution < 1.29 is 0 Å². The zero-order chi connectivity index (χ0) is 14.2. The van der Waals surface area contributed by atoms with E-state index in [-0.39, 0.29) is 0 Å². The maximum atomic E-state index is 6.29. The fraction of sp³-hybridized carbons (Fsp3) is 0.733. The summed E-state index contributed by atoms with van der Waals surface area (Å²) in [5.74, 6) is 2.89. The van der Waals surface area contributed by atoms with E-state index in [1.54, 1.807) is 0 Å². The molecule has 2 heterocycles. The molecule has 0 spiro atoms. The molecule has 1 fully saturated rings. The van der Waals surface area contributed by atoms with Gasteiger partial charge in [0.15, 0.2) is 0 Å². The Labute approximate surface area is 121 Å². The molecule has 2 unspecified atom stereocenters. The minimum absolute atomic E-state index is 0.300. The van der Waals surface area contributed by atoms with Crippen LogP contribution in [0.3, 0.4) is 0 Å². The van der Waals surface area contributed by atoms with E-state index in [4.69, 9.17) is 16.6 Å². The van der Waals surface area contributed by atoms with Crippen LogP contribution in [-0.4, -0.2) is 22.6 Å². The lowest BCUT2D eigenvalue weighted by molar-refractivity contribution is 0.387. The van der Waals surface area contributed by atoms with Gasteiger partial charge in [-0.05, 0) is 32.6 Å². The second kappa shape index (κ2) is 5.66. The summed E-state index contributed by atoms with van der Waals surface area (Å²) < 4.78 is 0. The van der Waals surface area contributed by atoms with E-state index in [0.717, 1.165) is 23.8 Å². The fourth-order valence-corrected chi connectivity index (χ4v) is 2.79. The molecule has 0 aromatic carbocycles. The molecule has 1 aliphatic heterocycles. The third-order valence-corrected chi connectivity index (χ3v) is 4.35. The van der Waals surface area contributed by atoms with Gasteiger partial charge in [0.25, 0.3) is 0 Å². The average Bonchev–Trinajstić information content (AvgIpc) is 2.35. The Hall–Kier alpha value is -0.830. The first-order valence-electron chi connectivity index (χ1n) is 7.20. The van der Waals surface area contributed by atoms with Crippen LogP contribution >= 0.6 is 11.6 Å². The normalized spacial score (nSPS) is 24.1. The van der Waals surface area contributed by atoms with Crippen LogP contribution in [-0.2, 0) is 0 Å². The summed E-state index contributed by atoms with van der Waals surface area (Å²) in [6.45, 7) is 11.9. The molecule has 0 N–H and O–H groups in total. The van der Waals surface area contributed by atoms with Crippen molar-refractivity contribution in [1.29, 1.82) is 0 Å². The molecule has 0 bridgehead atoms. The number of aromatic nitrogens is 2. The SMILES string of the molecule is Cc1c(Cl)nc(C(C)C)nc1N1CC(C)CCC1C. The zero-order valence-corrected chi connectivity index (χ0v) is 13.3.